The number of nitrogens with zero attached hydrogens (tertiary/aromatic N) is 1. The van der Waals surface area contributed by atoms with Crippen LogP contribution in [0.5, 0.6) is 0 Å². The van der Waals surface area contributed by atoms with Crippen LogP contribution >= 0.6 is 0 Å². The second-order valence-electron chi connectivity index (χ2n) is 6.56. The van der Waals surface area contributed by atoms with Gasteiger partial charge in [0, 0.05) is 37.3 Å². The highest BCUT2D eigenvalue weighted by molar-refractivity contribution is 7.89. The van der Waals surface area contributed by atoms with Gasteiger partial charge in [-0.2, -0.15) is 4.31 Å². The third-order valence-corrected chi connectivity index (χ3v) is 6.43. The summed E-state index contributed by atoms with van der Waals surface area (Å²) in [5, 5.41) is 5.40. The van der Waals surface area contributed by atoms with Gasteiger partial charge < -0.3 is 10.6 Å². The molecular weight excluding hydrogens is 378 g/mol. The van der Waals surface area contributed by atoms with Crippen molar-refractivity contribution in [3.8, 4) is 0 Å². The Hall–Kier alpha value is -2.71. The number of benzene rings is 2. The highest BCUT2D eigenvalue weighted by Gasteiger charge is 2.26. The average molecular weight is 401 g/mol. The van der Waals surface area contributed by atoms with Crippen LogP contribution in [0, 0.1) is 0 Å². The quantitative estimate of drug-likeness (QED) is 0.744. The van der Waals surface area contributed by atoms with E-state index in [2.05, 4.69) is 10.6 Å². The van der Waals surface area contributed by atoms with Crippen LogP contribution in [-0.2, 0) is 14.8 Å². The molecule has 0 saturated carbocycles. The maximum atomic E-state index is 12.5. The summed E-state index contributed by atoms with van der Waals surface area (Å²) in [6, 6.07) is 14.9. The SMILES string of the molecule is O=C(CCNC(=O)c1ccccc1)Nc1ccc(S(=O)(=O)N2CCCC2)cc1. The van der Waals surface area contributed by atoms with Gasteiger partial charge in [0.2, 0.25) is 15.9 Å². The maximum Gasteiger partial charge on any atom is 0.251 e. The van der Waals surface area contributed by atoms with Crippen molar-refractivity contribution in [1.29, 1.82) is 0 Å². The fraction of sp³-hybridized carbons (Fsp3) is 0.300. The van der Waals surface area contributed by atoms with Crippen molar-refractivity contribution < 1.29 is 18.0 Å². The van der Waals surface area contributed by atoms with Crippen LogP contribution in [0.4, 0.5) is 5.69 Å². The summed E-state index contributed by atoms with van der Waals surface area (Å²) in [6.45, 7) is 1.31. The van der Waals surface area contributed by atoms with E-state index in [1.54, 1.807) is 36.4 Å². The molecule has 1 aliphatic heterocycles. The van der Waals surface area contributed by atoms with E-state index in [1.165, 1.54) is 16.4 Å². The first-order chi connectivity index (χ1) is 13.5. The zero-order valence-corrected chi connectivity index (χ0v) is 16.2. The van der Waals surface area contributed by atoms with Crippen molar-refractivity contribution in [2.45, 2.75) is 24.2 Å². The molecule has 2 amide bonds. The molecule has 1 aliphatic rings. The Morgan fingerprint density at radius 1 is 0.929 bits per heavy atom. The minimum absolute atomic E-state index is 0.117. The monoisotopic (exact) mass is 401 g/mol. The van der Waals surface area contributed by atoms with Crippen LogP contribution in [0.3, 0.4) is 0 Å². The lowest BCUT2D eigenvalue weighted by atomic mass is 10.2. The summed E-state index contributed by atoms with van der Waals surface area (Å²) in [5.74, 6) is -0.492. The van der Waals surface area contributed by atoms with Crippen molar-refractivity contribution in [3.63, 3.8) is 0 Å². The van der Waals surface area contributed by atoms with E-state index in [0.717, 1.165) is 12.8 Å². The second kappa shape index (κ2) is 8.99. The van der Waals surface area contributed by atoms with Gasteiger partial charge in [-0.25, -0.2) is 8.42 Å². The first-order valence-corrected chi connectivity index (χ1v) is 10.6. The summed E-state index contributed by atoms with van der Waals surface area (Å²) in [6.07, 6.45) is 1.88. The average Bonchev–Trinajstić information content (AvgIpc) is 3.25. The van der Waals surface area contributed by atoms with E-state index in [9.17, 15) is 18.0 Å². The van der Waals surface area contributed by atoms with Crippen molar-refractivity contribution in [2.75, 3.05) is 25.0 Å². The van der Waals surface area contributed by atoms with Crippen LogP contribution in [0.15, 0.2) is 59.5 Å². The molecule has 0 atom stereocenters. The number of carbonyl (C=O) groups excluding carboxylic acids is 2. The van der Waals surface area contributed by atoms with Gasteiger partial charge in [0.25, 0.3) is 5.91 Å². The summed E-state index contributed by atoms with van der Waals surface area (Å²) in [7, 11) is -3.46. The van der Waals surface area contributed by atoms with Crippen molar-refractivity contribution in [3.05, 3.63) is 60.2 Å². The van der Waals surface area contributed by atoms with Gasteiger partial charge in [-0.05, 0) is 49.2 Å². The minimum Gasteiger partial charge on any atom is -0.352 e. The molecule has 28 heavy (non-hydrogen) atoms. The highest BCUT2D eigenvalue weighted by atomic mass is 32.2. The molecule has 0 aliphatic carbocycles. The number of hydrogen-bond acceptors (Lipinski definition) is 4. The summed E-state index contributed by atoms with van der Waals surface area (Å²) in [5.41, 5.74) is 1.05. The summed E-state index contributed by atoms with van der Waals surface area (Å²) >= 11 is 0. The van der Waals surface area contributed by atoms with Crippen LogP contribution in [0.2, 0.25) is 0 Å². The Kier molecular flexibility index (Phi) is 6.43. The number of nitrogens with one attached hydrogen (secondary N) is 2. The first-order valence-electron chi connectivity index (χ1n) is 9.20. The summed E-state index contributed by atoms with van der Waals surface area (Å²) in [4.78, 5) is 24.2. The van der Waals surface area contributed by atoms with Crippen molar-refractivity contribution in [2.24, 2.45) is 0 Å². The van der Waals surface area contributed by atoms with E-state index in [-0.39, 0.29) is 29.7 Å². The largest absolute Gasteiger partial charge is 0.352 e. The zero-order chi connectivity index (χ0) is 20.0. The Balaban J connectivity index is 1.48. The molecule has 8 heteroatoms. The lowest BCUT2D eigenvalue weighted by molar-refractivity contribution is -0.116. The first kappa shape index (κ1) is 20.0. The number of sulfonamides is 1. The lowest BCUT2D eigenvalue weighted by Crippen LogP contribution is -2.28. The molecule has 2 aromatic carbocycles. The number of anilines is 1. The number of carbonyl (C=O) groups is 2. The van der Waals surface area contributed by atoms with Crippen molar-refractivity contribution >= 4 is 27.5 Å². The predicted octanol–water partition coefficient (Wildman–Crippen LogP) is 2.23. The fourth-order valence-corrected chi connectivity index (χ4v) is 4.51. The van der Waals surface area contributed by atoms with Crippen LogP contribution in [0.1, 0.15) is 29.6 Å². The third kappa shape index (κ3) is 4.96. The van der Waals surface area contributed by atoms with E-state index in [1.807, 2.05) is 6.07 Å². The minimum atomic E-state index is -3.46. The smallest absolute Gasteiger partial charge is 0.251 e. The van der Waals surface area contributed by atoms with E-state index >= 15 is 0 Å². The number of hydrogen-bond donors (Lipinski definition) is 2. The van der Waals surface area contributed by atoms with Crippen molar-refractivity contribution in [1.82, 2.24) is 9.62 Å². The molecule has 2 N–H and O–H groups in total. The number of rotatable bonds is 7. The molecule has 0 unspecified atom stereocenters. The molecule has 1 saturated heterocycles. The molecule has 0 radical (unpaired) electrons. The molecule has 0 bridgehead atoms. The zero-order valence-electron chi connectivity index (χ0n) is 15.4. The highest BCUT2D eigenvalue weighted by Crippen LogP contribution is 2.22. The van der Waals surface area contributed by atoms with Crippen LogP contribution in [-0.4, -0.2) is 44.2 Å². The number of amides is 2. The lowest BCUT2D eigenvalue weighted by Gasteiger charge is -2.15. The topological polar surface area (TPSA) is 95.6 Å². The Morgan fingerprint density at radius 3 is 2.21 bits per heavy atom. The predicted molar refractivity (Wildman–Crippen MR) is 106 cm³/mol. The van der Waals surface area contributed by atoms with Gasteiger partial charge in [-0.3, -0.25) is 9.59 Å². The third-order valence-electron chi connectivity index (χ3n) is 4.51. The standard InChI is InChI=1S/C20H23N3O4S/c24-19(12-13-21-20(25)16-6-2-1-3-7-16)22-17-8-10-18(11-9-17)28(26,27)23-14-4-5-15-23/h1-3,6-11H,4-5,12-15H2,(H,21,25)(H,22,24). The van der Waals surface area contributed by atoms with Gasteiger partial charge in [0.1, 0.15) is 0 Å². The molecule has 1 heterocycles. The van der Waals surface area contributed by atoms with Crippen LogP contribution in [0.25, 0.3) is 0 Å². The molecule has 0 aromatic heterocycles. The van der Waals surface area contributed by atoms with Gasteiger partial charge >= 0.3 is 0 Å². The molecule has 2 aromatic rings. The Labute approximate surface area is 164 Å². The van der Waals surface area contributed by atoms with E-state index < -0.39 is 10.0 Å². The second-order valence-corrected chi connectivity index (χ2v) is 8.49. The molecule has 3 rings (SSSR count). The summed E-state index contributed by atoms with van der Waals surface area (Å²) < 4.78 is 26.5. The molecule has 0 spiro atoms. The Morgan fingerprint density at radius 2 is 1.57 bits per heavy atom. The van der Waals surface area contributed by atoms with E-state index in [0.29, 0.717) is 24.3 Å². The molecule has 1 fully saturated rings. The van der Waals surface area contributed by atoms with Gasteiger partial charge in [0.05, 0.1) is 4.90 Å². The van der Waals surface area contributed by atoms with Gasteiger partial charge in [0.15, 0.2) is 0 Å². The molecular formula is C20H23N3O4S. The maximum absolute atomic E-state index is 12.5. The molecule has 7 nitrogen and oxygen atoms in total. The van der Waals surface area contributed by atoms with Gasteiger partial charge in [-0.15, -0.1) is 0 Å². The van der Waals surface area contributed by atoms with Crippen LogP contribution < -0.4 is 10.6 Å². The normalized spacial score (nSPS) is 14.6. The van der Waals surface area contributed by atoms with Gasteiger partial charge in [-0.1, -0.05) is 18.2 Å². The van der Waals surface area contributed by atoms with E-state index in [4.69, 9.17) is 0 Å². The fourth-order valence-electron chi connectivity index (χ4n) is 2.99. The molecule has 148 valence electrons. The Bertz CT molecular complexity index is 922.